The highest BCUT2D eigenvalue weighted by Gasteiger charge is 2.28. The fourth-order valence-corrected chi connectivity index (χ4v) is 4.88. The van der Waals surface area contributed by atoms with Crippen LogP contribution in [0, 0.1) is 20.8 Å². The van der Waals surface area contributed by atoms with E-state index in [2.05, 4.69) is 17.5 Å². The average Bonchev–Trinajstić information content (AvgIpc) is 3.25. The lowest BCUT2D eigenvalue weighted by Crippen LogP contribution is -2.34. The molecule has 0 saturated carbocycles. The predicted molar refractivity (Wildman–Crippen MR) is 157 cm³/mol. The van der Waals surface area contributed by atoms with E-state index in [4.69, 9.17) is 21.9 Å². The number of hydrazone groups is 1. The van der Waals surface area contributed by atoms with Gasteiger partial charge < -0.3 is 10.1 Å². The van der Waals surface area contributed by atoms with Crippen molar-refractivity contribution in [2.45, 2.75) is 26.9 Å². The normalized spacial score (nSPS) is 11.6. The Kier molecular flexibility index (Phi) is 7.20. The molecule has 0 saturated heterocycles. The van der Waals surface area contributed by atoms with E-state index in [0.29, 0.717) is 5.11 Å². The number of nitrogens with one attached hydrogen (secondary N) is 2. The highest BCUT2D eigenvalue weighted by atomic mass is 32.1. The Morgan fingerprint density at radius 1 is 1.00 bits per heavy atom. The van der Waals surface area contributed by atoms with Crippen LogP contribution < -0.4 is 15.5 Å². The number of fused-ring (bicyclic) bond motifs is 3. The Morgan fingerprint density at radius 2 is 1.70 bits per heavy atom. The van der Waals surface area contributed by atoms with Crippen LogP contribution in [-0.4, -0.2) is 38.8 Å². The van der Waals surface area contributed by atoms with Gasteiger partial charge in [-0.3, -0.25) is 4.57 Å². The van der Waals surface area contributed by atoms with Gasteiger partial charge in [-0.05, 0) is 85.9 Å². The Balaban J connectivity index is 1.38. The van der Waals surface area contributed by atoms with Gasteiger partial charge in [0.15, 0.2) is 13.3 Å². The van der Waals surface area contributed by atoms with Crippen molar-refractivity contribution >= 4 is 57.2 Å². The fraction of sp³-hybridized carbons (Fsp3) is 0.167. The van der Waals surface area contributed by atoms with Crippen molar-refractivity contribution in [3.05, 3.63) is 89.7 Å². The molecule has 0 aliphatic rings. The van der Waals surface area contributed by atoms with Crippen LogP contribution in [0.3, 0.4) is 0 Å². The van der Waals surface area contributed by atoms with E-state index >= 15 is 0 Å². The van der Waals surface area contributed by atoms with E-state index < -0.39 is 12.8 Å². The summed E-state index contributed by atoms with van der Waals surface area (Å²) in [5.41, 5.74) is 9.53. The lowest BCUT2D eigenvalue weighted by Gasteiger charge is -2.13. The molecule has 0 spiro atoms. The number of hydrazine groups is 1. The minimum atomic E-state index is -4.39. The molecule has 5 aromatic rings. The summed E-state index contributed by atoms with van der Waals surface area (Å²) < 4.78 is 45.8. The standard InChI is InChI=1S/C30H26F3N5OS/c1-18-6-5-7-19(2)27(18)35-29(40)36-37(4)23-11-14-25-21(16-23)8-15-26-28(25)34-20(3)38(26)22-9-12-24(13-10-22)39-17-30(31,32)33/h5-16H,4,17H2,1-3H3,(H-,35,36,40)/p+1. The van der Waals surface area contributed by atoms with Crippen LogP contribution in [0.4, 0.5) is 24.5 Å². The second-order valence-corrected chi connectivity index (χ2v) is 9.90. The zero-order valence-corrected chi connectivity index (χ0v) is 23.0. The molecule has 10 heteroatoms. The first-order valence-corrected chi connectivity index (χ1v) is 12.9. The highest BCUT2D eigenvalue weighted by Crippen LogP contribution is 2.31. The van der Waals surface area contributed by atoms with Gasteiger partial charge in [0.1, 0.15) is 11.6 Å². The first-order chi connectivity index (χ1) is 19.0. The Labute approximate surface area is 234 Å². The molecule has 0 fully saturated rings. The lowest BCUT2D eigenvalue weighted by atomic mass is 10.1. The van der Waals surface area contributed by atoms with Crippen molar-refractivity contribution in [3.63, 3.8) is 0 Å². The molecule has 40 heavy (non-hydrogen) atoms. The number of halogens is 3. The molecule has 204 valence electrons. The number of alkyl halides is 3. The number of para-hydroxylation sites is 1. The molecule has 0 unspecified atom stereocenters. The molecule has 2 N–H and O–H groups in total. The minimum Gasteiger partial charge on any atom is -0.484 e. The number of ether oxygens (including phenoxy) is 1. The average molecular weight is 563 g/mol. The van der Waals surface area contributed by atoms with Gasteiger partial charge in [0, 0.05) is 28.9 Å². The number of hydrogen-bond acceptors (Lipinski definition) is 3. The molecule has 0 atom stereocenters. The Bertz CT molecular complexity index is 1740. The number of thiocarbonyl (C=S) groups is 1. The largest absolute Gasteiger partial charge is 0.484 e. The van der Waals surface area contributed by atoms with Gasteiger partial charge >= 0.3 is 6.18 Å². The van der Waals surface area contributed by atoms with Gasteiger partial charge in [0.25, 0.3) is 0 Å². The summed E-state index contributed by atoms with van der Waals surface area (Å²) in [4.78, 5) is 4.80. The number of imidazole rings is 1. The van der Waals surface area contributed by atoms with Crippen molar-refractivity contribution in [2.75, 3.05) is 11.9 Å². The smallest absolute Gasteiger partial charge is 0.422 e. The summed E-state index contributed by atoms with van der Waals surface area (Å²) in [7, 11) is 0. The summed E-state index contributed by atoms with van der Waals surface area (Å²) >= 11 is 5.52. The second-order valence-electron chi connectivity index (χ2n) is 9.49. The molecular formula is C30H27F3N5OS+. The van der Waals surface area contributed by atoms with Crippen LogP contribution >= 0.6 is 12.2 Å². The minimum absolute atomic E-state index is 0.149. The zero-order chi connectivity index (χ0) is 28.6. The number of rotatable bonds is 6. The summed E-state index contributed by atoms with van der Waals surface area (Å²) in [6.45, 7) is 8.70. The van der Waals surface area contributed by atoms with E-state index in [0.717, 1.165) is 55.8 Å². The molecule has 5 rings (SSSR count). The number of aryl methyl sites for hydroxylation is 3. The quantitative estimate of drug-likeness (QED) is 0.0985. The molecule has 0 amide bonds. The number of aromatic nitrogens is 2. The van der Waals surface area contributed by atoms with Gasteiger partial charge in [0.2, 0.25) is 10.8 Å². The molecule has 0 bridgehead atoms. The molecular weight excluding hydrogens is 535 g/mol. The summed E-state index contributed by atoms with van der Waals surface area (Å²) in [5, 5.41) is 5.60. The van der Waals surface area contributed by atoms with Gasteiger partial charge in [-0.15, -0.1) is 5.43 Å². The number of benzene rings is 4. The third-order valence-electron chi connectivity index (χ3n) is 6.56. The molecule has 1 heterocycles. The lowest BCUT2D eigenvalue weighted by molar-refractivity contribution is -0.477. The monoisotopic (exact) mass is 562 g/mol. The first kappa shape index (κ1) is 27.1. The van der Waals surface area contributed by atoms with E-state index in [1.165, 1.54) is 12.1 Å². The molecule has 0 aliphatic carbocycles. The number of hydrogen-bond donors (Lipinski definition) is 2. The maximum atomic E-state index is 12.5. The topological polar surface area (TPSA) is 54.1 Å². The maximum Gasteiger partial charge on any atom is 0.422 e. The number of nitrogens with zero attached hydrogens (tertiary/aromatic N) is 3. The maximum absolute atomic E-state index is 12.5. The van der Waals surface area contributed by atoms with Gasteiger partial charge in [-0.25, -0.2) is 4.98 Å². The molecule has 6 nitrogen and oxygen atoms in total. The molecule has 0 aliphatic heterocycles. The molecule has 0 radical (unpaired) electrons. The van der Waals surface area contributed by atoms with Crippen molar-refractivity contribution in [2.24, 2.45) is 0 Å². The van der Waals surface area contributed by atoms with Crippen LogP contribution in [0.5, 0.6) is 5.75 Å². The third kappa shape index (κ3) is 5.62. The number of anilines is 1. The fourth-order valence-electron chi connectivity index (χ4n) is 4.66. The van der Waals surface area contributed by atoms with E-state index in [1.807, 2.05) is 73.9 Å². The predicted octanol–water partition coefficient (Wildman–Crippen LogP) is 7.29. The van der Waals surface area contributed by atoms with E-state index in [1.54, 1.807) is 16.8 Å². The van der Waals surface area contributed by atoms with Crippen LogP contribution in [0.1, 0.15) is 17.0 Å². The van der Waals surface area contributed by atoms with E-state index in [9.17, 15) is 13.2 Å². The van der Waals surface area contributed by atoms with Crippen LogP contribution in [-0.2, 0) is 0 Å². The second kappa shape index (κ2) is 10.6. The van der Waals surface area contributed by atoms with Crippen molar-refractivity contribution in [1.29, 1.82) is 0 Å². The Morgan fingerprint density at radius 3 is 2.38 bits per heavy atom. The van der Waals surface area contributed by atoms with Crippen molar-refractivity contribution < 1.29 is 22.6 Å². The van der Waals surface area contributed by atoms with Gasteiger partial charge in [-0.1, -0.05) is 28.9 Å². The van der Waals surface area contributed by atoms with Crippen LogP contribution in [0.2, 0.25) is 0 Å². The molecule has 1 aromatic heterocycles. The molecule has 4 aromatic carbocycles. The van der Waals surface area contributed by atoms with Crippen LogP contribution in [0.25, 0.3) is 27.5 Å². The SMILES string of the molecule is C=[N+](NC(=S)Nc1c(C)cccc1C)c1ccc2c(ccc3c2nc(C)n3-c2ccc(OCC(F)(F)F)cc2)c1. The third-order valence-corrected chi connectivity index (χ3v) is 6.75. The van der Waals surface area contributed by atoms with Crippen molar-refractivity contribution in [3.8, 4) is 11.4 Å². The van der Waals surface area contributed by atoms with Gasteiger partial charge in [-0.2, -0.15) is 13.2 Å². The van der Waals surface area contributed by atoms with Crippen LogP contribution in [0.15, 0.2) is 72.8 Å². The van der Waals surface area contributed by atoms with Crippen molar-refractivity contribution in [1.82, 2.24) is 15.0 Å². The summed E-state index contributed by atoms with van der Waals surface area (Å²) in [6, 6.07) is 22.4. The van der Waals surface area contributed by atoms with Gasteiger partial charge in [0.05, 0.1) is 11.0 Å². The zero-order valence-electron chi connectivity index (χ0n) is 22.1. The van der Waals surface area contributed by atoms with E-state index in [-0.39, 0.29) is 5.75 Å². The Hall–Kier alpha value is -4.44. The first-order valence-electron chi connectivity index (χ1n) is 12.5. The highest BCUT2D eigenvalue weighted by molar-refractivity contribution is 7.80. The summed E-state index contributed by atoms with van der Waals surface area (Å²) in [6.07, 6.45) is -4.39. The summed E-state index contributed by atoms with van der Waals surface area (Å²) in [5.74, 6) is 0.898.